The highest BCUT2D eigenvalue weighted by Gasteiger charge is 2.15. The molecule has 1 aromatic carbocycles. The number of aliphatic hydroxyl groups is 1. The summed E-state index contributed by atoms with van der Waals surface area (Å²) in [6, 6.07) is 5.16. The van der Waals surface area contributed by atoms with Gasteiger partial charge in [0, 0.05) is 18.1 Å². The third-order valence-electron chi connectivity index (χ3n) is 2.39. The van der Waals surface area contributed by atoms with Gasteiger partial charge in [0.15, 0.2) is 0 Å². The van der Waals surface area contributed by atoms with Crippen molar-refractivity contribution in [1.29, 1.82) is 0 Å². The SMILES string of the molecule is CC(O)CCN(C)C(=O)c1ccc(Br)cc1Cl. The van der Waals surface area contributed by atoms with E-state index in [-0.39, 0.29) is 5.91 Å². The highest BCUT2D eigenvalue weighted by Crippen LogP contribution is 2.22. The molecule has 0 bridgehead atoms. The molecule has 0 radical (unpaired) electrons. The summed E-state index contributed by atoms with van der Waals surface area (Å²) >= 11 is 9.29. The number of nitrogens with zero attached hydrogens (tertiary/aromatic N) is 1. The lowest BCUT2D eigenvalue weighted by Crippen LogP contribution is -2.29. The maximum atomic E-state index is 12.0. The molecule has 0 aliphatic heterocycles. The fraction of sp³-hybridized carbons (Fsp3) is 0.417. The molecule has 0 saturated carbocycles. The summed E-state index contributed by atoms with van der Waals surface area (Å²) in [4.78, 5) is 13.6. The van der Waals surface area contributed by atoms with Crippen molar-refractivity contribution in [2.24, 2.45) is 0 Å². The predicted octanol–water partition coefficient (Wildman–Crippen LogP) is 2.95. The van der Waals surface area contributed by atoms with Crippen LogP contribution in [-0.4, -0.2) is 35.6 Å². The summed E-state index contributed by atoms with van der Waals surface area (Å²) in [5, 5.41) is 9.60. The molecule has 1 rings (SSSR count). The lowest BCUT2D eigenvalue weighted by molar-refractivity contribution is 0.0769. The first-order chi connectivity index (χ1) is 7.91. The van der Waals surface area contributed by atoms with Crippen LogP contribution in [0.3, 0.4) is 0 Å². The number of halogens is 2. The zero-order chi connectivity index (χ0) is 13.0. The van der Waals surface area contributed by atoms with Gasteiger partial charge in [-0.25, -0.2) is 0 Å². The van der Waals surface area contributed by atoms with Crippen LogP contribution in [0.5, 0.6) is 0 Å². The first-order valence-electron chi connectivity index (χ1n) is 5.30. The molecule has 0 aromatic heterocycles. The van der Waals surface area contributed by atoms with Gasteiger partial charge in [-0.1, -0.05) is 27.5 Å². The van der Waals surface area contributed by atoms with Gasteiger partial charge in [-0.2, -0.15) is 0 Å². The number of aliphatic hydroxyl groups excluding tert-OH is 1. The van der Waals surface area contributed by atoms with E-state index in [9.17, 15) is 9.90 Å². The lowest BCUT2D eigenvalue weighted by atomic mass is 10.2. The summed E-state index contributed by atoms with van der Waals surface area (Å²) in [6.45, 7) is 2.20. The fourth-order valence-corrected chi connectivity index (χ4v) is 2.10. The van der Waals surface area contributed by atoms with E-state index in [4.69, 9.17) is 11.6 Å². The number of carbonyl (C=O) groups excluding carboxylic acids is 1. The van der Waals surface area contributed by atoms with Crippen LogP contribution in [0, 0.1) is 0 Å². The molecule has 0 aliphatic carbocycles. The molecule has 94 valence electrons. The van der Waals surface area contributed by atoms with Crippen LogP contribution in [0.15, 0.2) is 22.7 Å². The molecule has 1 aromatic rings. The van der Waals surface area contributed by atoms with E-state index < -0.39 is 6.10 Å². The minimum Gasteiger partial charge on any atom is -0.393 e. The van der Waals surface area contributed by atoms with Gasteiger partial charge in [-0.15, -0.1) is 0 Å². The van der Waals surface area contributed by atoms with Crippen molar-refractivity contribution in [2.45, 2.75) is 19.4 Å². The molecule has 1 atom stereocenters. The smallest absolute Gasteiger partial charge is 0.255 e. The fourth-order valence-electron chi connectivity index (χ4n) is 1.35. The molecule has 5 heteroatoms. The Kier molecular flexibility index (Phi) is 5.43. The zero-order valence-corrected chi connectivity index (χ0v) is 12.1. The number of hydrogen-bond donors (Lipinski definition) is 1. The zero-order valence-electron chi connectivity index (χ0n) is 9.78. The highest BCUT2D eigenvalue weighted by molar-refractivity contribution is 9.10. The van der Waals surface area contributed by atoms with Crippen molar-refractivity contribution in [3.63, 3.8) is 0 Å². The Bertz CT molecular complexity index is 409. The van der Waals surface area contributed by atoms with Crippen LogP contribution in [-0.2, 0) is 0 Å². The van der Waals surface area contributed by atoms with Crippen LogP contribution in [0.25, 0.3) is 0 Å². The summed E-state index contributed by atoms with van der Waals surface area (Å²) in [6.07, 6.45) is 0.141. The van der Waals surface area contributed by atoms with Gasteiger partial charge in [-0.05, 0) is 31.5 Å². The van der Waals surface area contributed by atoms with Crippen LogP contribution >= 0.6 is 27.5 Å². The van der Waals surface area contributed by atoms with Gasteiger partial charge in [0.1, 0.15) is 0 Å². The Labute approximate surface area is 115 Å². The average molecular weight is 321 g/mol. The molecular formula is C12H15BrClNO2. The van der Waals surface area contributed by atoms with Gasteiger partial charge in [0.25, 0.3) is 5.91 Å². The van der Waals surface area contributed by atoms with Crippen LogP contribution < -0.4 is 0 Å². The van der Waals surface area contributed by atoms with Gasteiger partial charge in [0.2, 0.25) is 0 Å². The highest BCUT2D eigenvalue weighted by atomic mass is 79.9. The third-order valence-corrected chi connectivity index (χ3v) is 3.20. The summed E-state index contributed by atoms with van der Waals surface area (Å²) in [5.74, 6) is -0.136. The predicted molar refractivity (Wildman–Crippen MR) is 72.4 cm³/mol. The molecular weight excluding hydrogens is 305 g/mol. The van der Waals surface area contributed by atoms with Gasteiger partial charge in [0.05, 0.1) is 16.7 Å². The van der Waals surface area contributed by atoms with E-state index in [0.717, 1.165) is 4.47 Å². The second-order valence-corrected chi connectivity index (χ2v) is 5.31. The van der Waals surface area contributed by atoms with Gasteiger partial charge < -0.3 is 10.0 Å². The van der Waals surface area contributed by atoms with Gasteiger partial charge in [-0.3, -0.25) is 4.79 Å². The van der Waals surface area contributed by atoms with Crippen molar-refractivity contribution < 1.29 is 9.90 Å². The van der Waals surface area contributed by atoms with Crippen LogP contribution in [0.4, 0.5) is 0 Å². The van der Waals surface area contributed by atoms with E-state index >= 15 is 0 Å². The molecule has 0 spiro atoms. The van der Waals surface area contributed by atoms with Crippen LogP contribution in [0.2, 0.25) is 5.02 Å². The first-order valence-corrected chi connectivity index (χ1v) is 6.47. The topological polar surface area (TPSA) is 40.5 Å². The van der Waals surface area contributed by atoms with Crippen molar-refractivity contribution in [1.82, 2.24) is 4.90 Å². The molecule has 0 fully saturated rings. The molecule has 1 amide bonds. The number of carbonyl (C=O) groups is 1. The molecule has 0 saturated heterocycles. The summed E-state index contributed by atoms with van der Waals surface area (Å²) in [5.41, 5.74) is 0.475. The summed E-state index contributed by atoms with van der Waals surface area (Å²) < 4.78 is 0.839. The van der Waals surface area contributed by atoms with E-state index in [0.29, 0.717) is 23.6 Å². The second kappa shape index (κ2) is 6.38. The standard InChI is InChI=1S/C12H15BrClNO2/c1-8(16)5-6-15(2)12(17)10-4-3-9(13)7-11(10)14/h3-4,7-8,16H,5-6H2,1-2H3. The minimum atomic E-state index is -0.411. The quantitative estimate of drug-likeness (QED) is 0.926. The van der Waals surface area contributed by atoms with E-state index in [1.54, 1.807) is 37.1 Å². The van der Waals surface area contributed by atoms with Gasteiger partial charge >= 0.3 is 0 Å². The van der Waals surface area contributed by atoms with E-state index in [1.807, 2.05) is 0 Å². The van der Waals surface area contributed by atoms with Crippen molar-refractivity contribution >= 4 is 33.4 Å². The van der Waals surface area contributed by atoms with E-state index in [1.165, 1.54) is 0 Å². The van der Waals surface area contributed by atoms with Crippen molar-refractivity contribution in [3.05, 3.63) is 33.3 Å². The molecule has 3 nitrogen and oxygen atoms in total. The molecule has 1 unspecified atom stereocenters. The molecule has 1 N–H and O–H groups in total. The van der Waals surface area contributed by atoms with Crippen LogP contribution in [0.1, 0.15) is 23.7 Å². The largest absolute Gasteiger partial charge is 0.393 e. The maximum absolute atomic E-state index is 12.0. The number of amides is 1. The van der Waals surface area contributed by atoms with Crippen molar-refractivity contribution in [3.8, 4) is 0 Å². The Morgan fingerprint density at radius 1 is 1.59 bits per heavy atom. The first kappa shape index (κ1) is 14.5. The number of hydrogen-bond acceptors (Lipinski definition) is 2. The second-order valence-electron chi connectivity index (χ2n) is 3.99. The van der Waals surface area contributed by atoms with E-state index in [2.05, 4.69) is 15.9 Å². The normalized spacial score (nSPS) is 12.3. The Balaban J connectivity index is 2.75. The molecule has 0 heterocycles. The number of benzene rings is 1. The third kappa shape index (κ3) is 4.30. The lowest BCUT2D eigenvalue weighted by Gasteiger charge is -2.18. The number of rotatable bonds is 4. The Morgan fingerprint density at radius 2 is 2.24 bits per heavy atom. The monoisotopic (exact) mass is 319 g/mol. The molecule has 17 heavy (non-hydrogen) atoms. The Morgan fingerprint density at radius 3 is 2.76 bits per heavy atom. The molecule has 0 aliphatic rings. The maximum Gasteiger partial charge on any atom is 0.255 e. The average Bonchev–Trinajstić information content (AvgIpc) is 2.25. The summed E-state index contributed by atoms with van der Waals surface area (Å²) in [7, 11) is 1.70. The van der Waals surface area contributed by atoms with Crippen molar-refractivity contribution in [2.75, 3.05) is 13.6 Å². The minimum absolute atomic E-state index is 0.136. The Hall–Kier alpha value is -0.580.